The van der Waals surface area contributed by atoms with Crippen LogP contribution in [0.25, 0.3) is 0 Å². The number of nitrogens with two attached hydrogens (primary N) is 1. The molecule has 0 aromatic carbocycles. The molecule has 0 aliphatic heterocycles. The fraction of sp³-hybridized carbons (Fsp3) is 0.765. The Balaban J connectivity index is 4.05. The second-order valence-corrected chi connectivity index (χ2v) is 6.03. The van der Waals surface area contributed by atoms with E-state index in [0.717, 1.165) is 5.06 Å². The van der Waals surface area contributed by atoms with E-state index in [4.69, 9.17) is 24.8 Å². The summed E-state index contributed by atoms with van der Waals surface area (Å²) >= 11 is 0. The first-order valence-electron chi connectivity index (χ1n) is 8.68. The first-order chi connectivity index (χ1) is 12.7. The second-order valence-electron chi connectivity index (χ2n) is 6.03. The summed E-state index contributed by atoms with van der Waals surface area (Å²) in [6.45, 7) is 4.07. The van der Waals surface area contributed by atoms with Gasteiger partial charge in [0.15, 0.2) is 0 Å². The Hall–Kier alpha value is -2.04. The highest BCUT2D eigenvalue weighted by Gasteiger charge is 2.21. The maximum absolute atomic E-state index is 11.8. The van der Waals surface area contributed by atoms with Crippen LogP contribution in [0.2, 0.25) is 0 Å². The summed E-state index contributed by atoms with van der Waals surface area (Å²) in [5.41, 5.74) is 5.65. The molecule has 0 aromatic heterocycles. The van der Waals surface area contributed by atoms with Crippen molar-refractivity contribution in [3.8, 4) is 0 Å². The molecule has 0 radical (unpaired) electrons. The van der Waals surface area contributed by atoms with Gasteiger partial charge in [-0.1, -0.05) is 0 Å². The van der Waals surface area contributed by atoms with Crippen molar-refractivity contribution in [2.45, 2.75) is 57.8 Å². The maximum Gasteiger partial charge on any atom is 0.349 e. The van der Waals surface area contributed by atoms with E-state index in [1.807, 2.05) is 6.92 Å². The van der Waals surface area contributed by atoms with Gasteiger partial charge in [0.25, 0.3) is 5.91 Å². The molecular weight excluding hydrogens is 360 g/mol. The Morgan fingerprint density at radius 3 is 2.37 bits per heavy atom. The SMILES string of the molecule is COC(C)COC(C)COC(=O)CCC(N)C(=O)ON(C)C(=O)CCC=O. The van der Waals surface area contributed by atoms with Crippen LogP contribution in [0.1, 0.15) is 39.5 Å². The van der Waals surface area contributed by atoms with Crippen LogP contribution in [0.3, 0.4) is 0 Å². The summed E-state index contributed by atoms with van der Waals surface area (Å²) in [7, 11) is 2.82. The first-order valence-corrected chi connectivity index (χ1v) is 8.68. The Kier molecular flexibility index (Phi) is 13.0. The molecule has 0 aromatic rings. The quantitative estimate of drug-likeness (QED) is 0.261. The van der Waals surface area contributed by atoms with Gasteiger partial charge in [-0.05, 0) is 20.3 Å². The molecule has 27 heavy (non-hydrogen) atoms. The Labute approximate surface area is 159 Å². The standard InChI is InChI=1S/C17H30N2O8/c1-12(24-4)10-25-13(2)11-26-16(22)8-7-14(18)17(23)27-19(3)15(21)6-5-9-20/h9,12-14H,5-8,10-11,18H2,1-4H3. The molecule has 0 saturated carbocycles. The van der Waals surface area contributed by atoms with E-state index in [1.165, 1.54) is 7.05 Å². The summed E-state index contributed by atoms with van der Waals surface area (Å²) in [6, 6.07) is -1.09. The molecule has 3 atom stereocenters. The minimum atomic E-state index is -1.09. The van der Waals surface area contributed by atoms with E-state index in [1.54, 1.807) is 14.0 Å². The number of ether oxygens (including phenoxy) is 3. The molecule has 0 heterocycles. The van der Waals surface area contributed by atoms with Crippen molar-refractivity contribution < 1.29 is 38.2 Å². The van der Waals surface area contributed by atoms with Gasteiger partial charge >= 0.3 is 11.9 Å². The highest BCUT2D eigenvalue weighted by molar-refractivity contribution is 5.81. The summed E-state index contributed by atoms with van der Waals surface area (Å²) in [4.78, 5) is 50.1. The topological polar surface area (TPSA) is 134 Å². The lowest BCUT2D eigenvalue weighted by molar-refractivity contribution is -0.194. The van der Waals surface area contributed by atoms with E-state index in [0.29, 0.717) is 12.9 Å². The molecule has 0 fully saturated rings. The zero-order chi connectivity index (χ0) is 20.8. The van der Waals surface area contributed by atoms with Crippen LogP contribution in [-0.4, -0.2) is 74.8 Å². The van der Waals surface area contributed by atoms with Crippen molar-refractivity contribution in [2.75, 3.05) is 27.4 Å². The number of carbonyl (C=O) groups is 4. The third-order valence-electron chi connectivity index (χ3n) is 3.51. The van der Waals surface area contributed by atoms with Crippen molar-refractivity contribution in [3.05, 3.63) is 0 Å². The minimum absolute atomic E-state index is 0.00395. The Morgan fingerprint density at radius 1 is 1.11 bits per heavy atom. The average Bonchev–Trinajstić information content (AvgIpc) is 2.66. The van der Waals surface area contributed by atoms with E-state index >= 15 is 0 Å². The lowest BCUT2D eigenvalue weighted by atomic mass is 10.2. The number of hydrogen-bond donors (Lipinski definition) is 1. The van der Waals surface area contributed by atoms with Crippen LogP contribution in [0.5, 0.6) is 0 Å². The van der Waals surface area contributed by atoms with Crippen LogP contribution in [0.15, 0.2) is 0 Å². The molecule has 0 saturated heterocycles. The number of hydroxylamine groups is 2. The van der Waals surface area contributed by atoms with Gasteiger partial charge in [0.05, 0.1) is 18.8 Å². The van der Waals surface area contributed by atoms with Gasteiger partial charge in [0, 0.05) is 33.4 Å². The van der Waals surface area contributed by atoms with Crippen molar-refractivity contribution in [3.63, 3.8) is 0 Å². The van der Waals surface area contributed by atoms with Crippen LogP contribution in [0, 0.1) is 0 Å². The molecule has 2 N–H and O–H groups in total. The minimum Gasteiger partial charge on any atom is -0.463 e. The number of methoxy groups -OCH3 is 1. The van der Waals surface area contributed by atoms with Crippen LogP contribution in [-0.2, 0) is 38.2 Å². The first kappa shape index (κ1) is 25.0. The van der Waals surface area contributed by atoms with Crippen molar-refractivity contribution in [2.24, 2.45) is 5.73 Å². The van der Waals surface area contributed by atoms with Gasteiger partial charge in [-0.3, -0.25) is 9.59 Å². The van der Waals surface area contributed by atoms with Gasteiger partial charge in [-0.15, -0.1) is 0 Å². The number of aldehydes is 1. The number of carbonyl (C=O) groups excluding carboxylic acids is 4. The molecule has 0 rings (SSSR count). The summed E-state index contributed by atoms with van der Waals surface area (Å²) in [6.07, 6.45) is 0.120. The monoisotopic (exact) mass is 390 g/mol. The summed E-state index contributed by atoms with van der Waals surface area (Å²) < 4.78 is 15.5. The predicted octanol–water partition coefficient (Wildman–Crippen LogP) is -0.0272. The molecule has 0 aliphatic rings. The van der Waals surface area contributed by atoms with E-state index in [2.05, 4.69) is 0 Å². The zero-order valence-corrected chi connectivity index (χ0v) is 16.3. The zero-order valence-electron chi connectivity index (χ0n) is 16.3. The molecule has 0 aliphatic carbocycles. The fourth-order valence-corrected chi connectivity index (χ4v) is 1.68. The normalized spacial score (nSPS) is 14.0. The van der Waals surface area contributed by atoms with Crippen molar-refractivity contribution in [1.82, 2.24) is 5.06 Å². The number of hydrogen-bond acceptors (Lipinski definition) is 9. The summed E-state index contributed by atoms with van der Waals surface area (Å²) in [5.74, 6) is -1.90. The second kappa shape index (κ2) is 14.1. The molecule has 1 amide bonds. The lowest BCUT2D eigenvalue weighted by Gasteiger charge is -2.18. The third-order valence-corrected chi connectivity index (χ3v) is 3.51. The highest BCUT2D eigenvalue weighted by atomic mass is 16.7. The Morgan fingerprint density at radius 2 is 1.78 bits per heavy atom. The van der Waals surface area contributed by atoms with E-state index < -0.39 is 23.9 Å². The lowest BCUT2D eigenvalue weighted by Crippen LogP contribution is -2.39. The van der Waals surface area contributed by atoms with Gasteiger partial charge in [-0.25, -0.2) is 4.79 Å². The van der Waals surface area contributed by atoms with Crippen LogP contribution < -0.4 is 5.73 Å². The fourth-order valence-electron chi connectivity index (χ4n) is 1.68. The largest absolute Gasteiger partial charge is 0.463 e. The molecule has 0 spiro atoms. The molecule has 10 nitrogen and oxygen atoms in total. The van der Waals surface area contributed by atoms with Gasteiger partial charge in [0.2, 0.25) is 0 Å². The van der Waals surface area contributed by atoms with E-state index in [9.17, 15) is 19.2 Å². The van der Waals surface area contributed by atoms with Gasteiger partial charge in [0.1, 0.15) is 18.9 Å². The number of nitrogens with zero attached hydrogens (tertiary/aromatic N) is 1. The molecule has 156 valence electrons. The molecule has 0 bridgehead atoms. The number of esters is 1. The van der Waals surface area contributed by atoms with Crippen molar-refractivity contribution in [1.29, 1.82) is 0 Å². The van der Waals surface area contributed by atoms with Gasteiger partial charge < -0.3 is 29.6 Å². The van der Waals surface area contributed by atoms with Crippen molar-refractivity contribution >= 4 is 24.1 Å². The van der Waals surface area contributed by atoms with Crippen LogP contribution >= 0.6 is 0 Å². The Bertz CT molecular complexity index is 486. The van der Waals surface area contributed by atoms with E-state index in [-0.39, 0.29) is 44.5 Å². The number of rotatable bonds is 13. The molecular formula is C17H30N2O8. The maximum atomic E-state index is 11.8. The number of amides is 1. The molecule has 3 unspecified atom stereocenters. The third kappa shape index (κ3) is 12.1. The predicted molar refractivity (Wildman–Crippen MR) is 94.2 cm³/mol. The highest BCUT2D eigenvalue weighted by Crippen LogP contribution is 2.04. The summed E-state index contributed by atoms with van der Waals surface area (Å²) in [5, 5.41) is 0.726. The van der Waals surface area contributed by atoms with Gasteiger partial charge in [-0.2, -0.15) is 5.06 Å². The van der Waals surface area contributed by atoms with Crippen LogP contribution in [0.4, 0.5) is 0 Å². The molecule has 10 heteroatoms. The smallest absolute Gasteiger partial charge is 0.349 e. The average molecular weight is 390 g/mol.